The average Bonchev–Trinajstić information content (AvgIpc) is 2.69. The molecule has 0 bridgehead atoms. The first-order chi connectivity index (χ1) is 13.3. The van der Waals surface area contributed by atoms with E-state index in [4.69, 9.17) is 9.47 Å². The van der Waals surface area contributed by atoms with Gasteiger partial charge in [-0.15, -0.1) is 0 Å². The van der Waals surface area contributed by atoms with Crippen LogP contribution in [0.3, 0.4) is 0 Å². The minimum absolute atomic E-state index is 0.0799. The number of hydrazine groups is 1. The second kappa shape index (κ2) is 9.91. The molecule has 0 saturated heterocycles. The van der Waals surface area contributed by atoms with Crippen LogP contribution in [0.25, 0.3) is 0 Å². The summed E-state index contributed by atoms with van der Waals surface area (Å²) in [7, 11) is 0. The highest BCUT2D eigenvalue weighted by molar-refractivity contribution is 5.95. The molecule has 2 rings (SSSR count). The fraction of sp³-hybridized carbons (Fsp3) is 0.263. The fourth-order valence-electron chi connectivity index (χ4n) is 2.04. The monoisotopic (exact) mass is 387 g/mol. The highest BCUT2D eigenvalue weighted by Crippen LogP contribution is 2.17. The Labute approximate surface area is 161 Å². The number of carbonyl (C=O) groups is 2. The molecule has 0 aliphatic carbocycles. The number of nitrogens with zero attached hydrogens (tertiary/aromatic N) is 1. The van der Waals surface area contributed by atoms with Gasteiger partial charge in [-0.25, -0.2) is 0 Å². The van der Waals surface area contributed by atoms with Gasteiger partial charge in [-0.2, -0.15) is 0 Å². The zero-order chi connectivity index (χ0) is 20.5. The lowest BCUT2D eigenvalue weighted by Gasteiger charge is -2.11. The van der Waals surface area contributed by atoms with E-state index in [-0.39, 0.29) is 12.3 Å². The summed E-state index contributed by atoms with van der Waals surface area (Å²) in [5.74, 6) is 0.126. The Balaban J connectivity index is 1.79. The quantitative estimate of drug-likeness (QED) is 0.530. The Morgan fingerprint density at radius 1 is 1.04 bits per heavy atom. The number of hydrogen-bond acceptors (Lipinski definition) is 6. The van der Waals surface area contributed by atoms with Gasteiger partial charge in [0, 0.05) is 17.7 Å². The lowest BCUT2D eigenvalue weighted by molar-refractivity contribution is -0.384. The van der Waals surface area contributed by atoms with Crippen LogP contribution in [0.15, 0.2) is 48.5 Å². The van der Waals surface area contributed by atoms with E-state index in [1.54, 1.807) is 24.3 Å². The van der Waals surface area contributed by atoms with Crippen LogP contribution in [0.2, 0.25) is 0 Å². The molecule has 148 valence electrons. The predicted molar refractivity (Wildman–Crippen MR) is 101 cm³/mol. The van der Waals surface area contributed by atoms with Crippen molar-refractivity contribution in [2.75, 3.05) is 13.2 Å². The summed E-state index contributed by atoms with van der Waals surface area (Å²) in [6, 6.07) is 11.9. The van der Waals surface area contributed by atoms with Crippen LogP contribution in [0.4, 0.5) is 5.69 Å². The van der Waals surface area contributed by atoms with Gasteiger partial charge in [0.2, 0.25) is 0 Å². The normalized spacial score (nSPS) is 10.2. The third kappa shape index (κ3) is 6.60. The molecule has 0 atom stereocenters. The first-order valence-electron chi connectivity index (χ1n) is 8.54. The molecule has 0 saturated carbocycles. The van der Waals surface area contributed by atoms with Gasteiger partial charge in [0.25, 0.3) is 17.5 Å². The molecule has 0 aliphatic heterocycles. The SMILES string of the molecule is CC(C)COc1cccc(C(=O)NNC(=O)COc2ccc([N+](=O)[O-])cc2)c1. The van der Waals surface area contributed by atoms with Gasteiger partial charge in [0.1, 0.15) is 11.5 Å². The van der Waals surface area contributed by atoms with Crippen LogP contribution < -0.4 is 20.3 Å². The van der Waals surface area contributed by atoms with E-state index in [2.05, 4.69) is 10.9 Å². The maximum atomic E-state index is 12.1. The largest absolute Gasteiger partial charge is 0.493 e. The van der Waals surface area contributed by atoms with Gasteiger partial charge in [-0.3, -0.25) is 30.6 Å². The second-order valence-electron chi connectivity index (χ2n) is 6.27. The molecule has 2 aromatic carbocycles. The van der Waals surface area contributed by atoms with Crippen molar-refractivity contribution >= 4 is 17.5 Å². The maximum Gasteiger partial charge on any atom is 0.276 e. The van der Waals surface area contributed by atoms with E-state index < -0.39 is 16.7 Å². The third-order valence-corrected chi connectivity index (χ3v) is 3.41. The lowest BCUT2D eigenvalue weighted by Crippen LogP contribution is -2.43. The van der Waals surface area contributed by atoms with E-state index in [1.165, 1.54) is 24.3 Å². The van der Waals surface area contributed by atoms with Crippen LogP contribution in [-0.4, -0.2) is 30.0 Å². The number of carbonyl (C=O) groups excluding carboxylic acids is 2. The number of benzene rings is 2. The molecule has 2 amide bonds. The van der Waals surface area contributed by atoms with Crippen molar-refractivity contribution in [3.63, 3.8) is 0 Å². The summed E-state index contributed by atoms with van der Waals surface area (Å²) in [6.07, 6.45) is 0. The number of nitrogens with one attached hydrogen (secondary N) is 2. The Morgan fingerprint density at radius 3 is 2.39 bits per heavy atom. The summed E-state index contributed by atoms with van der Waals surface area (Å²) < 4.78 is 10.8. The van der Waals surface area contributed by atoms with E-state index in [9.17, 15) is 19.7 Å². The second-order valence-corrected chi connectivity index (χ2v) is 6.27. The molecule has 0 heterocycles. The van der Waals surface area contributed by atoms with Gasteiger partial charge in [0.05, 0.1) is 11.5 Å². The average molecular weight is 387 g/mol. The van der Waals surface area contributed by atoms with Crippen molar-refractivity contribution in [2.45, 2.75) is 13.8 Å². The van der Waals surface area contributed by atoms with E-state index >= 15 is 0 Å². The summed E-state index contributed by atoms with van der Waals surface area (Å²) in [6.45, 7) is 4.20. The fourth-order valence-corrected chi connectivity index (χ4v) is 2.04. The smallest absolute Gasteiger partial charge is 0.276 e. The third-order valence-electron chi connectivity index (χ3n) is 3.41. The molecule has 0 fully saturated rings. The van der Waals surface area contributed by atoms with E-state index in [0.29, 0.717) is 29.6 Å². The number of non-ortho nitro benzene ring substituents is 1. The van der Waals surface area contributed by atoms with Crippen LogP contribution in [-0.2, 0) is 4.79 Å². The first kappa shape index (κ1) is 20.7. The highest BCUT2D eigenvalue weighted by Gasteiger charge is 2.10. The number of rotatable bonds is 8. The Bertz CT molecular complexity index is 836. The molecule has 0 aromatic heterocycles. The van der Waals surface area contributed by atoms with Crippen LogP contribution in [0.1, 0.15) is 24.2 Å². The molecule has 0 radical (unpaired) electrons. The van der Waals surface area contributed by atoms with Crippen molar-refractivity contribution in [1.82, 2.24) is 10.9 Å². The number of nitro groups is 1. The van der Waals surface area contributed by atoms with E-state index in [0.717, 1.165) is 0 Å². The predicted octanol–water partition coefficient (Wildman–Crippen LogP) is 2.47. The number of ether oxygens (including phenoxy) is 2. The number of nitro benzene ring substituents is 1. The minimum atomic E-state index is -0.584. The number of amides is 2. The van der Waals surface area contributed by atoms with Crippen LogP contribution in [0, 0.1) is 16.0 Å². The summed E-state index contributed by atoms with van der Waals surface area (Å²) in [5, 5.41) is 10.6. The maximum absolute atomic E-state index is 12.1. The number of hydrogen-bond donors (Lipinski definition) is 2. The van der Waals surface area contributed by atoms with Gasteiger partial charge in [0.15, 0.2) is 6.61 Å². The molecule has 2 N–H and O–H groups in total. The minimum Gasteiger partial charge on any atom is -0.493 e. The van der Waals surface area contributed by atoms with Crippen molar-refractivity contribution in [3.8, 4) is 11.5 Å². The van der Waals surface area contributed by atoms with Crippen molar-refractivity contribution in [3.05, 3.63) is 64.2 Å². The summed E-state index contributed by atoms with van der Waals surface area (Å²) >= 11 is 0. The lowest BCUT2D eigenvalue weighted by atomic mass is 10.2. The van der Waals surface area contributed by atoms with Crippen LogP contribution in [0.5, 0.6) is 11.5 Å². The molecule has 0 unspecified atom stereocenters. The van der Waals surface area contributed by atoms with Gasteiger partial charge in [-0.1, -0.05) is 19.9 Å². The Kier molecular flexibility index (Phi) is 7.32. The van der Waals surface area contributed by atoms with Gasteiger partial charge >= 0.3 is 0 Å². The molecule has 2 aromatic rings. The van der Waals surface area contributed by atoms with Crippen molar-refractivity contribution in [2.24, 2.45) is 5.92 Å². The van der Waals surface area contributed by atoms with E-state index in [1.807, 2.05) is 13.8 Å². The van der Waals surface area contributed by atoms with Crippen molar-refractivity contribution < 1.29 is 24.0 Å². The summed E-state index contributed by atoms with van der Waals surface area (Å²) in [4.78, 5) is 34.0. The molecule has 9 nitrogen and oxygen atoms in total. The Hall–Kier alpha value is -3.62. The molecule has 28 heavy (non-hydrogen) atoms. The molecule has 0 spiro atoms. The molecular weight excluding hydrogens is 366 g/mol. The zero-order valence-corrected chi connectivity index (χ0v) is 15.5. The molecule has 0 aliphatic rings. The molecule has 9 heteroatoms. The Morgan fingerprint density at radius 2 is 1.75 bits per heavy atom. The standard InChI is InChI=1S/C19H21N3O6/c1-13(2)11-27-17-5-3-4-14(10-17)19(24)21-20-18(23)12-28-16-8-6-15(7-9-16)22(25)26/h3-10,13H,11-12H2,1-2H3,(H,20,23)(H,21,24). The summed E-state index contributed by atoms with van der Waals surface area (Å²) in [5.41, 5.74) is 4.78. The molecular formula is C19H21N3O6. The van der Waals surface area contributed by atoms with Gasteiger partial charge in [-0.05, 0) is 36.2 Å². The van der Waals surface area contributed by atoms with Crippen molar-refractivity contribution in [1.29, 1.82) is 0 Å². The van der Waals surface area contributed by atoms with Gasteiger partial charge < -0.3 is 9.47 Å². The highest BCUT2D eigenvalue weighted by atomic mass is 16.6. The topological polar surface area (TPSA) is 120 Å². The zero-order valence-electron chi connectivity index (χ0n) is 15.5. The van der Waals surface area contributed by atoms with Crippen LogP contribution >= 0.6 is 0 Å². The first-order valence-corrected chi connectivity index (χ1v) is 8.54.